The van der Waals surface area contributed by atoms with Crippen LogP contribution < -0.4 is 0 Å². The van der Waals surface area contributed by atoms with Crippen molar-refractivity contribution in [2.24, 2.45) is 0 Å². The summed E-state index contributed by atoms with van der Waals surface area (Å²) in [6, 6.07) is 2.02. The molecule has 1 unspecified atom stereocenters. The van der Waals surface area contributed by atoms with Crippen molar-refractivity contribution in [3.63, 3.8) is 0 Å². The summed E-state index contributed by atoms with van der Waals surface area (Å²) >= 11 is 0. The smallest absolute Gasteiger partial charge is 0.0791 e. The summed E-state index contributed by atoms with van der Waals surface area (Å²) in [6.45, 7) is 2.01. The Bertz CT molecular complexity index is 252. The maximum Gasteiger partial charge on any atom is 0.0791 e. The van der Waals surface area contributed by atoms with Gasteiger partial charge in [-0.2, -0.15) is 0 Å². The highest BCUT2D eigenvalue weighted by atomic mass is 16.3. The molecule has 0 aliphatic rings. The Kier molecular flexibility index (Phi) is 2.52. The van der Waals surface area contributed by atoms with E-state index in [9.17, 15) is 5.11 Å². The van der Waals surface area contributed by atoms with E-state index in [-0.39, 0.29) is 0 Å². The van der Waals surface area contributed by atoms with Crippen molar-refractivity contribution in [2.45, 2.75) is 25.9 Å². The molecule has 0 aliphatic heterocycles. The van der Waals surface area contributed by atoms with Crippen LogP contribution in [0.3, 0.4) is 0 Å². The summed E-state index contributed by atoms with van der Waals surface area (Å²) in [5.41, 5.74) is 0.673. The summed E-state index contributed by atoms with van der Waals surface area (Å²) in [5.74, 6) is 0. The van der Waals surface area contributed by atoms with Crippen LogP contribution in [0.2, 0.25) is 0 Å². The minimum absolute atomic E-state index is 0.318. The molecule has 2 heteroatoms. The van der Waals surface area contributed by atoms with Crippen LogP contribution in [0.15, 0.2) is 24.5 Å². The van der Waals surface area contributed by atoms with E-state index in [0.717, 1.165) is 6.42 Å². The predicted molar refractivity (Wildman–Crippen MR) is 44.1 cm³/mol. The Hall–Kier alpha value is -0.890. The van der Waals surface area contributed by atoms with Crippen LogP contribution in [-0.2, 0) is 0 Å². The predicted octanol–water partition coefficient (Wildman–Crippen LogP) is 1.92. The first-order chi connectivity index (χ1) is 5.75. The molecule has 1 heterocycles. The number of aromatic nitrogens is 1. The van der Waals surface area contributed by atoms with Crippen molar-refractivity contribution in [1.82, 2.24) is 4.98 Å². The molecule has 0 saturated carbocycles. The minimum atomic E-state index is -0.509. The van der Waals surface area contributed by atoms with E-state index in [1.165, 1.54) is 6.20 Å². The van der Waals surface area contributed by atoms with E-state index in [0.29, 0.717) is 18.0 Å². The summed E-state index contributed by atoms with van der Waals surface area (Å²) in [5, 5.41) is 9.55. The molecule has 2 nitrogen and oxygen atoms in total. The van der Waals surface area contributed by atoms with Gasteiger partial charge in [0.15, 0.2) is 0 Å². The molecule has 0 spiro atoms. The lowest BCUT2D eigenvalue weighted by molar-refractivity contribution is 0.166. The lowest BCUT2D eigenvalue weighted by Crippen LogP contribution is -1.95. The summed E-state index contributed by atoms with van der Waals surface area (Å²) in [6.07, 6.45) is 4.17. The number of hydrogen-bond donors (Lipinski definition) is 1. The van der Waals surface area contributed by atoms with Gasteiger partial charge in [0.1, 0.15) is 0 Å². The van der Waals surface area contributed by atoms with E-state index in [2.05, 4.69) is 4.98 Å². The molecule has 0 saturated heterocycles. The fourth-order valence-electron chi connectivity index (χ4n) is 0.962. The SMILES string of the molecule is [2H]c1cnccc1C(O)CCC. The van der Waals surface area contributed by atoms with Gasteiger partial charge >= 0.3 is 0 Å². The maximum absolute atomic E-state index is 9.55. The van der Waals surface area contributed by atoms with Crippen LogP contribution in [0.25, 0.3) is 0 Å². The number of aliphatic hydroxyl groups excluding tert-OH is 1. The Morgan fingerprint density at radius 1 is 1.73 bits per heavy atom. The third-order valence-electron chi connectivity index (χ3n) is 1.57. The van der Waals surface area contributed by atoms with Crippen LogP contribution >= 0.6 is 0 Å². The number of hydrogen-bond acceptors (Lipinski definition) is 2. The summed E-state index contributed by atoms with van der Waals surface area (Å²) < 4.78 is 7.46. The highest BCUT2D eigenvalue weighted by Crippen LogP contribution is 2.15. The fraction of sp³-hybridized carbons (Fsp3) is 0.444. The average Bonchev–Trinajstić information content (AvgIpc) is 2.05. The second kappa shape index (κ2) is 4.09. The number of rotatable bonds is 3. The van der Waals surface area contributed by atoms with Gasteiger partial charge in [-0.15, -0.1) is 0 Å². The fourth-order valence-corrected chi connectivity index (χ4v) is 0.962. The first kappa shape index (κ1) is 6.80. The Balaban J connectivity index is 2.79. The van der Waals surface area contributed by atoms with Gasteiger partial charge in [0, 0.05) is 12.4 Å². The normalized spacial score (nSPS) is 14.2. The van der Waals surface area contributed by atoms with Crippen LogP contribution in [0, 0.1) is 0 Å². The number of nitrogens with zero attached hydrogens (tertiary/aromatic N) is 1. The minimum Gasteiger partial charge on any atom is -0.388 e. The van der Waals surface area contributed by atoms with E-state index in [4.69, 9.17) is 1.37 Å². The molecule has 1 atom stereocenters. The third kappa shape index (κ3) is 2.31. The highest BCUT2D eigenvalue weighted by Gasteiger charge is 2.03. The zero-order valence-corrected chi connectivity index (χ0v) is 6.62. The van der Waals surface area contributed by atoms with E-state index in [1.807, 2.05) is 6.92 Å². The molecule has 1 aromatic rings. The Labute approximate surface area is 68.3 Å². The van der Waals surface area contributed by atoms with E-state index < -0.39 is 6.10 Å². The van der Waals surface area contributed by atoms with Gasteiger partial charge in [-0.05, 0) is 24.1 Å². The van der Waals surface area contributed by atoms with Gasteiger partial charge in [0.2, 0.25) is 0 Å². The van der Waals surface area contributed by atoms with Crippen molar-refractivity contribution in [2.75, 3.05) is 0 Å². The van der Waals surface area contributed by atoms with Gasteiger partial charge in [0.25, 0.3) is 0 Å². The third-order valence-corrected chi connectivity index (χ3v) is 1.57. The molecule has 60 valence electrons. The van der Waals surface area contributed by atoms with Crippen molar-refractivity contribution >= 4 is 0 Å². The molecule has 1 aromatic heterocycles. The Morgan fingerprint density at radius 3 is 3.18 bits per heavy atom. The molecule has 0 aromatic carbocycles. The van der Waals surface area contributed by atoms with E-state index in [1.54, 1.807) is 12.3 Å². The lowest BCUT2D eigenvalue weighted by Gasteiger charge is -2.07. The summed E-state index contributed by atoms with van der Waals surface area (Å²) in [7, 11) is 0. The Morgan fingerprint density at radius 2 is 2.55 bits per heavy atom. The number of aliphatic hydroxyl groups is 1. The molecular formula is C9H13NO. The molecule has 0 bridgehead atoms. The molecular weight excluding hydrogens is 138 g/mol. The second-order valence-corrected chi connectivity index (χ2v) is 2.50. The van der Waals surface area contributed by atoms with Gasteiger partial charge in [-0.25, -0.2) is 0 Å². The zero-order valence-electron chi connectivity index (χ0n) is 7.62. The van der Waals surface area contributed by atoms with E-state index >= 15 is 0 Å². The average molecular weight is 152 g/mol. The molecule has 1 rings (SSSR count). The quantitative estimate of drug-likeness (QED) is 0.717. The van der Waals surface area contributed by atoms with Crippen molar-refractivity contribution < 1.29 is 6.48 Å². The summed E-state index contributed by atoms with van der Waals surface area (Å²) in [4.78, 5) is 3.79. The highest BCUT2D eigenvalue weighted by molar-refractivity contribution is 5.12. The molecule has 0 aliphatic carbocycles. The first-order valence-corrected chi connectivity index (χ1v) is 3.84. The molecule has 0 fully saturated rings. The largest absolute Gasteiger partial charge is 0.388 e. The van der Waals surface area contributed by atoms with Crippen LogP contribution in [0.4, 0.5) is 0 Å². The second-order valence-electron chi connectivity index (χ2n) is 2.50. The van der Waals surface area contributed by atoms with Gasteiger partial charge < -0.3 is 5.11 Å². The first-order valence-electron chi connectivity index (χ1n) is 4.34. The zero-order chi connectivity index (χ0) is 8.97. The topological polar surface area (TPSA) is 33.1 Å². The monoisotopic (exact) mass is 152 g/mol. The maximum atomic E-state index is 9.55. The lowest BCUT2D eigenvalue weighted by atomic mass is 10.1. The van der Waals surface area contributed by atoms with Crippen molar-refractivity contribution in [3.05, 3.63) is 30.1 Å². The van der Waals surface area contributed by atoms with Crippen LogP contribution in [-0.4, -0.2) is 10.1 Å². The molecule has 0 amide bonds. The number of pyridine rings is 1. The van der Waals surface area contributed by atoms with Crippen molar-refractivity contribution in [1.29, 1.82) is 0 Å². The van der Waals surface area contributed by atoms with Gasteiger partial charge in [0.05, 0.1) is 7.47 Å². The van der Waals surface area contributed by atoms with Crippen LogP contribution in [0.1, 0.15) is 32.8 Å². The molecule has 0 radical (unpaired) electrons. The van der Waals surface area contributed by atoms with Crippen molar-refractivity contribution in [3.8, 4) is 0 Å². The van der Waals surface area contributed by atoms with Gasteiger partial charge in [-0.1, -0.05) is 13.3 Å². The van der Waals surface area contributed by atoms with Crippen LogP contribution in [0.5, 0.6) is 0 Å². The molecule has 1 N–H and O–H groups in total. The standard InChI is InChI=1S/C9H13NO/c1-2-3-9(11)8-4-6-10-7-5-8/h4-7,9,11H,2-3H2,1H3/i4D. The molecule has 11 heavy (non-hydrogen) atoms. The van der Waals surface area contributed by atoms with Gasteiger partial charge in [-0.3, -0.25) is 4.98 Å².